The van der Waals surface area contributed by atoms with Crippen LogP contribution in [0.15, 0.2) is 85.2 Å². The van der Waals surface area contributed by atoms with Crippen LogP contribution in [0.2, 0.25) is 0 Å². The second-order valence-corrected chi connectivity index (χ2v) is 6.40. The van der Waals surface area contributed by atoms with Crippen molar-refractivity contribution in [2.45, 2.75) is 6.42 Å². The predicted octanol–water partition coefficient (Wildman–Crippen LogP) is 4.78. The van der Waals surface area contributed by atoms with Gasteiger partial charge < -0.3 is 15.4 Å². The summed E-state index contributed by atoms with van der Waals surface area (Å²) in [4.78, 5) is 20.8. The molecular formula is C23H20N4O2. The first-order valence-corrected chi connectivity index (χ1v) is 9.32. The van der Waals surface area contributed by atoms with E-state index < -0.39 is 0 Å². The average molecular weight is 384 g/mol. The molecule has 0 aliphatic heterocycles. The number of nitrogens with one attached hydrogen (secondary N) is 2. The number of aromatic nitrogens is 2. The lowest BCUT2D eigenvalue weighted by Crippen LogP contribution is -2.16. The lowest BCUT2D eigenvalue weighted by atomic mass is 10.2. The Bertz CT molecular complexity index is 1090. The Morgan fingerprint density at radius 3 is 2.59 bits per heavy atom. The van der Waals surface area contributed by atoms with Crippen molar-refractivity contribution >= 4 is 34.0 Å². The molecule has 1 amide bonds. The first-order chi connectivity index (χ1) is 14.3. The first kappa shape index (κ1) is 18.4. The van der Waals surface area contributed by atoms with Gasteiger partial charge in [0.1, 0.15) is 11.6 Å². The number of nitrogens with zero attached hydrogens (tertiary/aromatic N) is 2. The number of para-hydroxylation sites is 2. The standard InChI is InChI=1S/C23H20N4O2/c28-22(13-15-29-19-8-2-1-3-9-19)27-21-12-11-18(16-25-21)26-20-10-4-6-17-7-5-14-24-23(17)20/h1-12,14,16,26H,13,15H2,(H,25,27,28). The van der Waals surface area contributed by atoms with Gasteiger partial charge in [0.15, 0.2) is 0 Å². The van der Waals surface area contributed by atoms with Gasteiger partial charge in [0, 0.05) is 11.6 Å². The van der Waals surface area contributed by atoms with Gasteiger partial charge in [0.25, 0.3) is 0 Å². The molecule has 0 saturated carbocycles. The highest BCUT2D eigenvalue weighted by Gasteiger charge is 2.06. The van der Waals surface area contributed by atoms with Crippen molar-refractivity contribution in [3.05, 3.63) is 85.2 Å². The molecule has 0 saturated heterocycles. The molecule has 0 unspecified atom stereocenters. The number of fused-ring (bicyclic) bond motifs is 1. The van der Waals surface area contributed by atoms with Gasteiger partial charge in [-0.2, -0.15) is 0 Å². The van der Waals surface area contributed by atoms with Crippen LogP contribution in [0.3, 0.4) is 0 Å². The lowest BCUT2D eigenvalue weighted by molar-refractivity contribution is -0.116. The Balaban J connectivity index is 1.32. The zero-order valence-corrected chi connectivity index (χ0v) is 15.7. The van der Waals surface area contributed by atoms with Gasteiger partial charge in [0.2, 0.25) is 5.91 Å². The number of anilines is 3. The van der Waals surface area contributed by atoms with Gasteiger partial charge >= 0.3 is 0 Å². The topological polar surface area (TPSA) is 76.1 Å². The molecule has 2 aromatic carbocycles. The fraction of sp³-hybridized carbons (Fsp3) is 0.0870. The molecule has 6 nitrogen and oxygen atoms in total. The van der Waals surface area contributed by atoms with Crippen LogP contribution in [0.4, 0.5) is 17.2 Å². The van der Waals surface area contributed by atoms with Crippen LogP contribution in [-0.2, 0) is 4.79 Å². The molecule has 2 N–H and O–H groups in total. The minimum absolute atomic E-state index is 0.146. The van der Waals surface area contributed by atoms with Crippen molar-refractivity contribution in [1.82, 2.24) is 9.97 Å². The summed E-state index contributed by atoms with van der Waals surface area (Å²) in [6.07, 6.45) is 3.70. The number of carbonyl (C=O) groups excluding carboxylic acids is 1. The third-order valence-corrected chi connectivity index (χ3v) is 4.28. The molecule has 0 aliphatic carbocycles. The number of hydrogen-bond donors (Lipinski definition) is 2. The average Bonchev–Trinajstić information content (AvgIpc) is 2.76. The van der Waals surface area contributed by atoms with Crippen LogP contribution in [0.1, 0.15) is 6.42 Å². The number of rotatable bonds is 7. The van der Waals surface area contributed by atoms with E-state index >= 15 is 0 Å². The Labute approximate surface area is 168 Å². The molecule has 2 heterocycles. The SMILES string of the molecule is O=C(CCOc1ccccc1)Nc1ccc(Nc2cccc3cccnc23)cn1. The lowest BCUT2D eigenvalue weighted by Gasteiger charge is -2.10. The number of carbonyl (C=O) groups is 1. The molecule has 2 aromatic heterocycles. The van der Waals surface area contributed by atoms with E-state index in [1.54, 1.807) is 18.5 Å². The van der Waals surface area contributed by atoms with Crippen molar-refractivity contribution < 1.29 is 9.53 Å². The van der Waals surface area contributed by atoms with Gasteiger partial charge in [0.05, 0.1) is 36.1 Å². The van der Waals surface area contributed by atoms with Crippen LogP contribution >= 0.6 is 0 Å². The van der Waals surface area contributed by atoms with Crippen molar-refractivity contribution in [1.29, 1.82) is 0 Å². The minimum Gasteiger partial charge on any atom is -0.493 e. The summed E-state index contributed by atoms with van der Waals surface area (Å²) < 4.78 is 5.54. The van der Waals surface area contributed by atoms with E-state index in [4.69, 9.17) is 4.74 Å². The van der Waals surface area contributed by atoms with Crippen LogP contribution in [-0.4, -0.2) is 22.5 Å². The summed E-state index contributed by atoms with van der Waals surface area (Å²) in [5.74, 6) is 1.10. The molecular weight excluding hydrogens is 364 g/mol. The molecule has 0 spiro atoms. The van der Waals surface area contributed by atoms with E-state index in [-0.39, 0.29) is 12.3 Å². The molecule has 0 aliphatic rings. The fourth-order valence-electron chi connectivity index (χ4n) is 2.89. The third kappa shape index (κ3) is 4.87. The van der Waals surface area contributed by atoms with E-state index in [0.29, 0.717) is 12.4 Å². The zero-order valence-electron chi connectivity index (χ0n) is 15.7. The molecule has 0 radical (unpaired) electrons. The van der Waals surface area contributed by atoms with Gasteiger partial charge in [-0.15, -0.1) is 0 Å². The highest BCUT2D eigenvalue weighted by atomic mass is 16.5. The highest BCUT2D eigenvalue weighted by Crippen LogP contribution is 2.24. The number of ether oxygens (including phenoxy) is 1. The summed E-state index contributed by atoms with van der Waals surface area (Å²) in [5.41, 5.74) is 2.61. The van der Waals surface area contributed by atoms with E-state index in [1.807, 2.05) is 66.7 Å². The smallest absolute Gasteiger partial charge is 0.228 e. The molecule has 0 bridgehead atoms. The predicted molar refractivity (Wildman–Crippen MR) is 114 cm³/mol. The Kier molecular flexibility index (Phi) is 5.62. The summed E-state index contributed by atoms with van der Waals surface area (Å²) in [6.45, 7) is 0.309. The number of amides is 1. The molecule has 4 rings (SSSR count). The largest absolute Gasteiger partial charge is 0.493 e. The maximum atomic E-state index is 12.1. The number of benzene rings is 2. The molecule has 0 atom stereocenters. The monoisotopic (exact) mass is 384 g/mol. The maximum absolute atomic E-state index is 12.1. The van der Waals surface area contributed by atoms with Gasteiger partial charge in [-0.05, 0) is 36.4 Å². The zero-order chi connectivity index (χ0) is 19.9. The molecule has 4 aromatic rings. The Morgan fingerprint density at radius 2 is 1.76 bits per heavy atom. The highest BCUT2D eigenvalue weighted by molar-refractivity contribution is 5.92. The van der Waals surface area contributed by atoms with E-state index in [0.717, 1.165) is 28.0 Å². The van der Waals surface area contributed by atoms with E-state index in [9.17, 15) is 4.79 Å². The van der Waals surface area contributed by atoms with Crippen LogP contribution in [0.25, 0.3) is 10.9 Å². The number of hydrogen-bond acceptors (Lipinski definition) is 5. The quantitative estimate of drug-likeness (QED) is 0.479. The Morgan fingerprint density at radius 1 is 0.897 bits per heavy atom. The minimum atomic E-state index is -0.146. The van der Waals surface area contributed by atoms with E-state index in [1.165, 1.54) is 0 Å². The summed E-state index contributed by atoms with van der Waals surface area (Å²) >= 11 is 0. The Hall–Kier alpha value is -3.93. The molecule has 29 heavy (non-hydrogen) atoms. The van der Waals surface area contributed by atoms with Crippen molar-refractivity contribution in [2.75, 3.05) is 17.2 Å². The summed E-state index contributed by atoms with van der Waals surface area (Å²) in [6, 6.07) is 22.9. The van der Waals surface area contributed by atoms with Crippen LogP contribution in [0, 0.1) is 0 Å². The van der Waals surface area contributed by atoms with Crippen LogP contribution in [0.5, 0.6) is 5.75 Å². The maximum Gasteiger partial charge on any atom is 0.228 e. The first-order valence-electron chi connectivity index (χ1n) is 9.32. The van der Waals surface area contributed by atoms with E-state index in [2.05, 4.69) is 20.6 Å². The molecule has 0 fully saturated rings. The fourth-order valence-corrected chi connectivity index (χ4v) is 2.89. The normalized spacial score (nSPS) is 10.5. The molecule has 6 heteroatoms. The van der Waals surface area contributed by atoms with Gasteiger partial charge in [-0.3, -0.25) is 9.78 Å². The molecule has 144 valence electrons. The van der Waals surface area contributed by atoms with Gasteiger partial charge in [-0.1, -0.05) is 36.4 Å². The summed E-state index contributed by atoms with van der Waals surface area (Å²) in [5, 5.41) is 7.16. The summed E-state index contributed by atoms with van der Waals surface area (Å²) in [7, 11) is 0. The van der Waals surface area contributed by atoms with Crippen molar-refractivity contribution in [2.24, 2.45) is 0 Å². The van der Waals surface area contributed by atoms with Gasteiger partial charge in [-0.25, -0.2) is 4.98 Å². The third-order valence-electron chi connectivity index (χ3n) is 4.28. The second-order valence-electron chi connectivity index (χ2n) is 6.40. The van der Waals surface area contributed by atoms with Crippen molar-refractivity contribution in [3.63, 3.8) is 0 Å². The second kappa shape index (κ2) is 8.84. The van der Waals surface area contributed by atoms with Crippen LogP contribution < -0.4 is 15.4 Å². The van der Waals surface area contributed by atoms with Crippen molar-refractivity contribution in [3.8, 4) is 5.75 Å². The number of pyridine rings is 2.